The van der Waals surface area contributed by atoms with E-state index in [0.717, 1.165) is 12.8 Å². The second kappa shape index (κ2) is 8.69. The molecule has 8 nitrogen and oxygen atoms in total. The second-order valence-corrected chi connectivity index (χ2v) is 8.73. The Balaban J connectivity index is 1.42. The Morgan fingerprint density at radius 2 is 1.77 bits per heavy atom. The molecule has 0 bridgehead atoms. The number of benzene rings is 1. The molecule has 3 heterocycles. The van der Waals surface area contributed by atoms with Crippen LogP contribution in [0.3, 0.4) is 0 Å². The van der Waals surface area contributed by atoms with Crippen molar-refractivity contribution in [3.63, 3.8) is 0 Å². The van der Waals surface area contributed by atoms with Crippen LogP contribution in [0.5, 0.6) is 0 Å². The quantitative estimate of drug-likeness (QED) is 0.746. The van der Waals surface area contributed by atoms with Gasteiger partial charge in [0, 0.05) is 38.2 Å². The van der Waals surface area contributed by atoms with E-state index in [9.17, 15) is 19.2 Å². The van der Waals surface area contributed by atoms with Gasteiger partial charge in [0.25, 0.3) is 11.8 Å². The van der Waals surface area contributed by atoms with Crippen LogP contribution in [-0.4, -0.2) is 76.2 Å². The van der Waals surface area contributed by atoms with Crippen molar-refractivity contribution in [2.45, 2.75) is 57.0 Å². The summed E-state index contributed by atoms with van der Waals surface area (Å²) in [6.45, 7) is 3.89. The minimum Gasteiger partial charge on any atom is -0.341 e. The maximum Gasteiger partial charge on any atom is 0.325 e. The van der Waals surface area contributed by atoms with Crippen molar-refractivity contribution in [1.82, 2.24) is 20.0 Å². The number of nitrogens with zero attached hydrogens (tertiary/aromatic N) is 3. The summed E-state index contributed by atoms with van der Waals surface area (Å²) in [6, 6.07) is 8.43. The lowest BCUT2D eigenvalue weighted by Gasteiger charge is -2.39. The fourth-order valence-corrected chi connectivity index (χ4v) is 4.93. The Hall–Kier alpha value is -2.90. The molecular weight excluding hydrogens is 396 g/mol. The van der Waals surface area contributed by atoms with Crippen molar-refractivity contribution in [1.29, 1.82) is 0 Å². The van der Waals surface area contributed by atoms with E-state index >= 15 is 0 Å². The van der Waals surface area contributed by atoms with Crippen LogP contribution in [0.1, 0.15) is 55.8 Å². The van der Waals surface area contributed by atoms with E-state index in [1.165, 1.54) is 4.90 Å². The Morgan fingerprint density at radius 3 is 2.45 bits per heavy atom. The largest absolute Gasteiger partial charge is 0.341 e. The van der Waals surface area contributed by atoms with Crippen LogP contribution in [0.4, 0.5) is 4.79 Å². The van der Waals surface area contributed by atoms with Gasteiger partial charge in [0.2, 0.25) is 5.91 Å². The number of hydrogen-bond donors (Lipinski definition) is 1. The van der Waals surface area contributed by atoms with Crippen LogP contribution in [0.25, 0.3) is 0 Å². The highest BCUT2D eigenvalue weighted by atomic mass is 16.2. The first-order valence-electron chi connectivity index (χ1n) is 11.2. The lowest BCUT2D eigenvalue weighted by atomic mass is 9.86. The summed E-state index contributed by atoms with van der Waals surface area (Å²) in [5, 5.41) is 2.93. The van der Waals surface area contributed by atoms with Crippen molar-refractivity contribution in [3.8, 4) is 0 Å². The molecule has 1 aromatic rings. The lowest BCUT2D eigenvalue weighted by molar-refractivity contribution is -0.139. The van der Waals surface area contributed by atoms with E-state index in [-0.39, 0.29) is 29.8 Å². The first-order chi connectivity index (χ1) is 14.9. The van der Waals surface area contributed by atoms with Crippen molar-refractivity contribution < 1.29 is 19.2 Å². The highest BCUT2D eigenvalue weighted by Crippen LogP contribution is 2.33. The van der Waals surface area contributed by atoms with Crippen LogP contribution in [-0.2, 0) is 9.59 Å². The second-order valence-electron chi connectivity index (χ2n) is 8.73. The molecule has 4 rings (SSSR count). The van der Waals surface area contributed by atoms with E-state index < -0.39 is 5.54 Å². The highest BCUT2D eigenvalue weighted by Gasteiger charge is 2.54. The van der Waals surface area contributed by atoms with Crippen LogP contribution >= 0.6 is 0 Å². The van der Waals surface area contributed by atoms with Gasteiger partial charge in [-0.2, -0.15) is 0 Å². The number of nitrogens with one attached hydrogen (secondary N) is 1. The van der Waals surface area contributed by atoms with Crippen LogP contribution < -0.4 is 5.32 Å². The molecule has 3 aliphatic rings. The third-order valence-electron chi connectivity index (χ3n) is 6.70. The maximum absolute atomic E-state index is 13.4. The number of urea groups is 1. The molecule has 0 aliphatic carbocycles. The average molecular weight is 427 g/mol. The Morgan fingerprint density at radius 1 is 1.06 bits per heavy atom. The molecule has 31 heavy (non-hydrogen) atoms. The average Bonchev–Trinajstić information content (AvgIpc) is 3.03. The topological polar surface area (TPSA) is 90.0 Å². The molecule has 8 heteroatoms. The van der Waals surface area contributed by atoms with Gasteiger partial charge >= 0.3 is 6.03 Å². The zero-order valence-electron chi connectivity index (χ0n) is 18.0. The van der Waals surface area contributed by atoms with Gasteiger partial charge < -0.3 is 15.1 Å². The molecule has 0 aromatic heterocycles. The van der Waals surface area contributed by atoms with Gasteiger partial charge in [-0.1, -0.05) is 25.1 Å². The van der Waals surface area contributed by atoms with Crippen molar-refractivity contribution in [3.05, 3.63) is 35.9 Å². The van der Waals surface area contributed by atoms with Crippen molar-refractivity contribution in [2.24, 2.45) is 0 Å². The first kappa shape index (κ1) is 21.3. The fraction of sp³-hybridized carbons (Fsp3) is 0.565. The predicted octanol–water partition coefficient (Wildman–Crippen LogP) is 2.00. The Bertz CT molecular complexity index is 864. The standard InChI is InChI=1S/C23H30N4O4/c1-2-7-19(28)26-13-6-10-18(16-26)27-21(30)23(24-22(27)31)11-14-25(15-12-23)20(29)17-8-4-3-5-9-17/h3-5,8-9,18H,2,6-7,10-16H2,1H3,(H,24,31). The molecule has 1 atom stereocenters. The molecule has 1 aromatic carbocycles. The summed E-state index contributed by atoms with van der Waals surface area (Å²) in [4.78, 5) is 56.1. The van der Waals surface area contributed by atoms with Gasteiger partial charge in [0.15, 0.2) is 0 Å². The van der Waals surface area contributed by atoms with Gasteiger partial charge in [-0.3, -0.25) is 19.3 Å². The fourth-order valence-electron chi connectivity index (χ4n) is 4.93. The lowest BCUT2D eigenvalue weighted by Crippen LogP contribution is -2.57. The molecule has 0 saturated carbocycles. The molecule has 5 amide bonds. The van der Waals surface area contributed by atoms with E-state index in [4.69, 9.17) is 0 Å². The highest BCUT2D eigenvalue weighted by molar-refractivity contribution is 6.07. The van der Waals surface area contributed by atoms with Gasteiger partial charge in [-0.25, -0.2) is 4.79 Å². The monoisotopic (exact) mass is 426 g/mol. The number of carbonyl (C=O) groups is 4. The van der Waals surface area contributed by atoms with Crippen molar-refractivity contribution >= 4 is 23.8 Å². The summed E-state index contributed by atoms with van der Waals surface area (Å²) >= 11 is 0. The van der Waals surface area contributed by atoms with E-state index in [2.05, 4.69) is 5.32 Å². The summed E-state index contributed by atoms with van der Waals surface area (Å²) in [6.07, 6.45) is 3.56. The molecule has 1 unspecified atom stereocenters. The maximum atomic E-state index is 13.4. The molecule has 1 spiro atoms. The number of amides is 5. The number of carbonyl (C=O) groups excluding carboxylic acids is 4. The predicted molar refractivity (Wildman–Crippen MR) is 114 cm³/mol. The molecular formula is C23H30N4O4. The zero-order chi connectivity index (χ0) is 22.0. The summed E-state index contributed by atoms with van der Waals surface area (Å²) in [5.41, 5.74) is -0.318. The number of likely N-dealkylation sites (tertiary alicyclic amines) is 2. The van der Waals surface area contributed by atoms with E-state index in [0.29, 0.717) is 57.4 Å². The molecule has 166 valence electrons. The Kier molecular flexibility index (Phi) is 5.98. The van der Waals surface area contributed by atoms with Crippen molar-refractivity contribution in [2.75, 3.05) is 26.2 Å². The molecule has 3 saturated heterocycles. The smallest absolute Gasteiger partial charge is 0.325 e. The van der Waals surface area contributed by atoms with Gasteiger partial charge in [-0.05, 0) is 44.2 Å². The minimum atomic E-state index is -0.944. The number of piperidine rings is 2. The SMILES string of the molecule is CCCC(=O)N1CCCC(N2C(=O)NC3(CCN(C(=O)c4ccccc4)CC3)C2=O)C1. The number of rotatable bonds is 4. The molecule has 3 aliphatic heterocycles. The zero-order valence-corrected chi connectivity index (χ0v) is 18.0. The van der Waals surface area contributed by atoms with Gasteiger partial charge in [0.05, 0.1) is 6.04 Å². The third-order valence-corrected chi connectivity index (χ3v) is 6.70. The molecule has 1 N–H and O–H groups in total. The van der Waals surface area contributed by atoms with E-state index in [1.54, 1.807) is 21.9 Å². The van der Waals surface area contributed by atoms with Crippen LogP contribution in [0, 0.1) is 0 Å². The first-order valence-corrected chi connectivity index (χ1v) is 11.2. The molecule has 3 fully saturated rings. The van der Waals surface area contributed by atoms with Gasteiger partial charge in [-0.15, -0.1) is 0 Å². The van der Waals surface area contributed by atoms with Crippen LogP contribution in [0.2, 0.25) is 0 Å². The third kappa shape index (κ3) is 4.03. The molecule has 0 radical (unpaired) electrons. The van der Waals surface area contributed by atoms with Crippen LogP contribution in [0.15, 0.2) is 30.3 Å². The normalized spacial score (nSPS) is 23.3. The summed E-state index contributed by atoms with van der Waals surface area (Å²) in [5.74, 6) is -0.178. The summed E-state index contributed by atoms with van der Waals surface area (Å²) < 4.78 is 0. The summed E-state index contributed by atoms with van der Waals surface area (Å²) in [7, 11) is 0. The van der Waals surface area contributed by atoms with Gasteiger partial charge in [0.1, 0.15) is 5.54 Å². The van der Waals surface area contributed by atoms with E-state index in [1.807, 2.05) is 25.1 Å². The Labute approximate surface area is 182 Å². The minimum absolute atomic E-state index is 0.0542. The number of hydrogen-bond acceptors (Lipinski definition) is 4. The number of imide groups is 1.